The minimum Gasteiger partial charge on any atom is -0.351 e. The third kappa shape index (κ3) is 3.73. The summed E-state index contributed by atoms with van der Waals surface area (Å²) < 4.78 is 3.07. The SMILES string of the molecule is C[C@]1(C(=O)NC2CCCCCCC2)Cn2c(cc3sccc32)C(=O)N1c1cccc(Cl)c1. The molecule has 32 heavy (non-hydrogen) atoms. The quantitative estimate of drug-likeness (QED) is 0.511. The summed E-state index contributed by atoms with van der Waals surface area (Å²) in [5.74, 6) is -0.267. The zero-order valence-electron chi connectivity index (χ0n) is 18.3. The normalized spacial score (nSPS) is 22.4. The van der Waals surface area contributed by atoms with Crippen molar-refractivity contribution >= 4 is 50.7 Å². The Hall–Kier alpha value is -2.31. The second kappa shape index (κ2) is 8.56. The molecule has 1 aliphatic heterocycles. The molecule has 0 unspecified atom stereocenters. The van der Waals surface area contributed by atoms with E-state index in [2.05, 4.69) is 5.32 Å². The van der Waals surface area contributed by atoms with Gasteiger partial charge in [0.25, 0.3) is 5.91 Å². The number of halogens is 1. The topological polar surface area (TPSA) is 54.3 Å². The lowest BCUT2D eigenvalue weighted by molar-refractivity contribution is -0.127. The maximum absolute atomic E-state index is 13.9. The molecule has 2 aromatic heterocycles. The van der Waals surface area contributed by atoms with Crippen LogP contribution in [0.5, 0.6) is 0 Å². The molecule has 3 aromatic rings. The Morgan fingerprint density at radius 3 is 2.62 bits per heavy atom. The fraction of sp³-hybridized carbons (Fsp3) is 0.440. The van der Waals surface area contributed by atoms with Gasteiger partial charge >= 0.3 is 0 Å². The van der Waals surface area contributed by atoms with Gasteiger partial charge in [-0.1, -0.05) is 49.8 Å². The van der Waals surface area contributed by atoms with E-state index in [9.17, 15) is 9.59 Å². The van der Waals surface area contributed by atoms with Crippen LogP contribution in [0.15, 0.2) is 41.8 Å². The highest BCUT2D eigenvalue weighted by Gasteiger charge is 2.49. The fourth-order valence-electron chi connectivity index (χ4n) is 5.17. The summed E-state index contributed by atoms with van der Waals surface area (Å²) in [6, 6.07) is 11.3. The van der Waals surface area contributed by atoms with E-state index in [-0.39, 0.29) is 17.9 Å². The monoisotopic (exact) mass is 469 g/mol. The Bertz CT molecular complexity index is 1160. The predicted molar refractivity (Wildman–Crippen MR) is 131 cm³/mol. The molecule has 1 N–H and O–H groups in total. The number of carbonyl (C=O) groups is 2. The maximum atomic E-state index is 13.9. The number of hydrogen-bond donors (Lipinski definition) is 1. The van der Waals surface area contributed by atoms with Crippen LogP contribution in [0.3, 0.4) is 0 Å². The minimum absolute atomic E-state index is 0.0980. The predicted octanol–water partition coefficient (Wildman–Crippen LogP) is 6.00. The van der Waals surface area contributed by atoms with Crippen LogP contribution in [0.4, 0.5) is 5.69 Å². The summed E-state index contributed by atoms with van der Waals surface area (Å²) in [6.45, 7) is 2.28. The number of amides is 2. The van der Waals surface area contributed by atoms with Gasteiger partial charge < -0.3 is 9.88 Å². The standard InChI is InChI=1S/C25H28ClN3O2S/c1-25(24(31)27-18-9-5-3-2-4-6-10-18)16-28-20-12-13-32-22(20)15-21(28)23(30)29(25)19-11-7-8-17(26)14-19/h7-8,11-15,18H,2-6,9-10,16H2,1H3,(H,27,31)/t25-/m1/s1. The first kappa shape index (κ1) is 21.5. The van der Waals surface area contributed by atoms with Crippen molar-refractivity contribution in [3.8, 4) is 0 Å². The molecular formula is C25H28ClN3O2S. The lowest BCUT2D eigenvalue weighted by Crippen LogP contribution is -2.65. The van der Waals surface area contributed by atoms with Crippen LogP contribution in [-0.4, -0.2) is 28.0 Å². The van der Waals surface area contributed by atoms with Gasteiger partial charge in [0.1, 0.15) is 11.2 Å². The number of fused-ring (bicyclic) bond motifs is 3. The molecule has 1 atom stereocenters. The zero-order chi connectivity index (χ0) is 22.3. The first-order valence-electron chi connectivity index (χ1n) is 11.5. The van der Waals surface area contributed by atoms with E-state index >= 15 is 0 Å². The summed E-state index contributed by atoms with van der Waals surface area (Å²) in [4.78, 5) is 29.3. The molecule has 2 amide bonds. The van der Waals surface area contributed by atoms with E-state index in [1.807, 2.05) is 41.1 Å². The highest BCUT2D eigenvalue weighted by Crippen LogP contribution is 2.38. The van der Waals surface area contributed by atoms with E-state index in [0.717, 1.165) is 35.9 Å². The molecule has 0 spiro atoms. The minimum atomic E-state index is -1.06. The second-order valence-corrected chi connectivity index (χ2v) is 10.6. The van der Waals surface area contributed by atoms with E-state index in [4.69, 9.17) is 11.6 Å². The number of hydrogen-bond acceptors (Lipinski definition) is 3. The molecule has 0 radical (unpaired) electrons. The van der Waals surface area contributed by atoms with Crippen LogP contribution in [-0.2, 0) is 11.3 Å². The van der Waals surface area contributed by atoms with Crippen molar-refractivity contribution in [2.75, 3.05) is 4.90 Å². The third-order valence-corrected chi connectivity index (χ3v) is 7.99. The van der Waals surface area contributed by atoms with Gasteiger partial charge in [-0.2, -0.15) is 0 Å². The van der Waals surface area contributed by atoms with Crippen LogP contribution in [0.25, 0.3) is 10.2 Å². The number of thiophene rings is 1. The van der Waals surface area contributed by atoms with E-state index in [1.165, 1.54) is 19.3 Å². The molecule has 0 saturated heterocycles. The molecular weight excluding hydrogens is 442 g/mol. The summed E-state index contributed by atoms with van der Waals surface area (Å²) in [5.41, 5.74) is 1.20. The van der Waals surface area contributed by atoms with E-state index in [0.29, 0.717) is 22.9 Å². The van der Waals surface area contributed by atoms with Gasteiger partial charge in [0, 0.05) is 16.8 Å². The van der Waals surface area contributed by atoms with Crippen molar-refractivity contribution in [1.82, 2.24) is 9.88 Å². The Labute approximate surface area is 197 Å². The van der Waals surface area contributed by atoms with Crippen molar-refractivity contribution < 1.29 is 9.59 Å². The average Bonchev–Trinajstić information content (AvgIpc) is 3.32. The molecule has 3 heterocycles. The van der Waals surface area contributed by atoms with Gasteiger partial charge in [0.15, 0.2) is 0 Å². The molecule has 5 rings (SSSR count). The second-order valence-electron chi connectivity index (χ2n) is 9.20. The summed E-state index contributed by atoms with van der Waals surface area (Å²) in [7, 11) is 0. The Kier molecular flexibility index (Phi) is 5.76. The van der Waals surface area contributed by atoms with Gasteiger partial charge in [-0.05, 0) is 55.5 Å². The molecule has 2 aliphatic rings. The number of anilines is 1. The van der Waals surface area contributed by atoms with Crippen LogP contribution >= 0.6 is 22.9 Å². The number of rotatable bonds is 3. The highest BCUT2D eigenvalue weighted by molar-refractivity contribution is 7.17. The summed E-state index contributed by atoms with van der Waals surface area (Å²) in [5, 5.41) is 5.89. The zero-order valence-corrected chi connectivity index (χ0v) is 19.8. The first-order chi connectivity index (χ1) is 15.5. The van der Waals surface area contributed by atoms with Gasteiger partial charge in [-0.3, -0.25) is 14.5 Å². The molecule has 1 saturated carbocycles. The Morgan fingerprint density at radius 1 is 1.12 bits per heavy atom. The highest BCUT2D eigenvalue weighted by atomic mass is 35.5. The van der Waals surface area contributed by atoms with Crippen molar-refractivity contribution in [2.45, 2.75) is 70.0 Å². The lowest BCUT2D eigenvalue weighted by atomic mass is 9.91. The lowest BCUT2D eigenvalue weighted by Gasteiger charge is -2.44. The maximum Gasteiger partial charge on any atom is 0.275 e. The molecule has 168 valence electrons. The largest absolute Gasteiger partial charge is 0.351 e. The molecule has 1 aliphatic carbocycles. The van der Waals surface area contributed by atoms with E-state index < -0.39 is 5.54 Å². The first-order valence-corrected chi connectivity index (χ1v) is 12.7. The van der Waals surface area contributed by atoms with E-state index in [1.54, 1.807) is 28.4 Å². The number of aromatic nitrogens is 1. The molecule has 7 heteroatoms. The summed E-state index contributed by atoms with van der Waals surface area (Å²) in [6.07, 6.45) is 7.99. The van der Waals surface area contributed by atoms with Crippen LogP contribution in [0.1, 0.15) is 62.4 Å². The number of carbonyl (C=O) groups excluding carboxylic acids is 2. The van der Waals surface area contributed by atoms with Gasteiger partial charge in [-0.15, -0.1) is 11.3 Å². The van der Waals surface area contributed by atoms with Crippen molar-refractivity contribution in [3.05, 3.63) is 52.5 Å². The molecule has 1 fully saturated rings. The molecule has 0 bridgehead atoms. The number of benzene rings is 1. The van der Waals surface area contributed by atoms with Crippen molar-refractivity contribution in [2.24, 2.45) is 0 Å². The number of nitrogens with zero attached hydrogens (tertiary/aromatic N) is 2. The van der Waals surface area contributed by atoms with Gasteiger partial charge in [-0.25, -0.2) is 0 Å². The van der Waals surface area contributed by atoms with Crippen LogP contribution < -0.4 is 10.2 Å². The third-order valence-electron chi connectivity index (χ3n) is 6.90. The van der Waals surface area contributed by atoms with Crippen molar-refractivity contribution in [3.63, 3.8) is 0 Å². The smallest absolute Gasteiger partial charge is 0.275 e. The Morgan fingerprint density at radius 2 is 1.88 bits per heavy atom. The fourth-order valence-corrected chi connectivity index (χ4v) is 6.18. The van der Waals surface area contributed by atoms with Crippen molar-refractivity contribution in [1.29, 1.82) is 0 Å². The van der Waals surface area contributed by atoms with Gasteiger partial charge in [0.2, 0.25) is 5.91 Å². The molecule has 5 nitrogen and oxygen atoms in total. The summed E-state index contributed by atoms with van der Waals surface area (Å²) >= 11 is 7.89. The van der Waals surface area contributed by atoms with Gasteiger partial charge in [0.05, 0.1) is 16.8 Å². The van der Waals surface area contributed by atoms with Crippen LogP contribution in [0, 0.1) is 0 Å². The number of nitrogens with one attached hydrogen (secondary N) is 1. The van der Waals surface area contributed by atoms with Crippen LogP contribution in [0.2, 0.25) is 5.02 Å². The average molecular weight is 470 g/mol. The Balaban J connectivity index is 1.55. The molecule has 1 aromatic carbocycles.